The number of piperazine rings is 1. The number of fused-ring (bicyclic) bond motifs is 1. The maximum Gasteiger partial charge on any atom is 0.289 e. The molecule has 156 valence electrons. The number of H-pyrrole nitrogens is 1. The average molecular weight is 409 g/mol. The molecule has 0 atom stereocenters. The minimum atomic E-state index is -0.186. The van der Waals surface area contributed by atoms with E-state index in [-0.39, 0.29) is 23.8 Å². The zero-order valence-corrected chi connectivity index (χ0v) is 16.7. The molecule has 1 aliphatic heterocycles. The second-order valence-electron chi connectivity index (χ2n) is 7.23. The molecule has 30 heavy (non-hydrogen) atoms. The van der Waals surface area contributed by atoms with Crippen LogP contribution in [0, 0.1) is 0 Å². The summed E-state index contributed by atoms with van der Waals surface area (Å²) in [6, 6.07) is 10.6. The number of carbonyl (C=O) groups excluding carboxylic acids is 2. The fourth-order valence-electron chi connectivity index (χ4n) is 3.66. The first-order chi connectivity index (χ1) is 14.5. The van der Waals surface area contributed by atoms with E-state index in [1.54, 1.807) is 41.2 Å². The minimum absolute atomic E-state index is 0.0229. The Morgan fingerprint density at radius 2 is 1.87 bits per heavy atom. The van der Waals surface area contributed by atoms with E-state index in [4.69, 9.17) is 9.15 Å². The SMILES string of the molecule is COc1ccc2[nH]c(=O)c(CCC(=O)N3CCN(C(=O)c4ccco4)CC3)cc2c1. The third-order valence-electron chi connectivity index (χ3n) is 5.39. The fraction of sp³-hybridized carbons (Fsp3) is 0.318. The molecule has 1 fully saturated rings. The number of amides is 2. The molecule has 2 amide bonds. The maximum atomic E-state index is 12.6. The number of pyridine rings is 1. The molecule has 0 radical (unpaired) electrons. The molecule has 0 aliphatic carbocycles. The van der Waals surface area contributed by atoms with E-state index in [2.05, 4.69) is 4.98 Å². The lowest BCUT2D eigenvalue weighted by atomic mass is 10.1. The number of nitrogens with one attached hydrogen (secondary N) is 1. The highest BCUT2D eigenvalue weighted by Gasteiger charge is 2.26. The molecule has 0 saturated carbocycles. The summed E-state index contributed by atoms with van der Waals surface area (Å²) >= 11 is 0. The highest BCUT2D eigenvalue weighted by Crippen LogP contribution is 2.19. The summed E-state index contributed by atoms with van der Waals surface area (Å²) < 4.78 is 10.4. The van der Waals surface area contributed by atoms with Crippen molar-refractivity contribution in [3.8, 4) is 5.75 Å². The number of furan rings is 1. The largest absolute Gasteiger partial charge is 0.497 e. The van der Waals surface area contributed by atoms with Crippen LogP contribution in [-0.4, -0.2) is 59.9 Å². The lowest BCUT2D eigenvalue weighted by Crippen LogP contribution is -2.50. The average Bonchev–Trinajstić information content (AvgIpc) is 3.31. The standard InChI is InChI=1S/C22H23N3O5/c1-29-17-5-6-18-16(14-17)13-15(21(27)23-18)4-7-20(26)24-8-10-25(11-9-24)22(28)19-3-2-12-30-19/h2-3,5-6,12-14H,4,7-11H2,1H3,(H,23,27). The fourth-order valence-corrected chi connectivity index (χ4v) is 3.66. The van der Waals surface area contributed by atoms with Gasteiger partial charge in [-0.15, -0.1) is 0 Å². The van der Waals surface area contributed by atoms with Crippen LogP contribution in [0.3, 0.4) is 0 Å². The van der Waals surface area contributed by atoms with Crippen LogP contribution in [-0.2, 0) is 11.2 Å². The van der Waals surface area contributed by atoms with Gasteiger partial charge in [0.25, 0.3) is 11.5 Å². The summed E-state index contributed by atoms with van der Waals surface area (Å²) in [6.45, 7) is 1.86. The van der Waals surface area contributed by atoms with Crippen LogP contribution in [0.5, 0.6) is 5.75 Å². The zero-order valence-electron chi connectivity index (χ0n) is 16.7. The Hall–Kier alpha value is -3.55. The number of methoxy groups -OCH3 is 1. The maximum absolute atomic E-state index is 12.6. The van der Waals surface area contributed by atoms with E-state index < -0.39 is 0 Å². The number of aryl methyl sites for hydroxylation is 1. The molecule has 4 rings (SSSR count). The van der Waals surface area contributed by atoms with Crippen molar-refractivity contribution in [3.63, 3.8) is 0 Å². The van der Waals surface area contributed by atoms with E-state index in [1.165, 1.54) is 6.26 Å². The molecular formula is C22H23N3O5. The monoisotopic (exact) mass is 409 g/mol. The Bertz CT molecular complexity index is 1110. The molecule has 0 bridgehead atoms. The molecule has 1 aliphatic rings. The van der Waals surface area contributed by atoms with Gasteiger partial charge in [0.2, 0.25) is 5.91 Å². The van der Waals surface area contributed by atoms with Crippen molar-refractivity contribution >= 4 is 22.7 Å². The molecule has 0 unspecified atom stereocenters. The molecule has 1 N–H and O–H groups in total. The van der Waals surface area contributed by atoms with Crippen molar-refractivity contribution in [1.82, 2.24) is 14.8 Å². The van der Waals surface area contributed by atoms with Crippen LogP contribution < -0.4 is 10.3 Å². The summed E-state index contributed by atoms with van der Waals surface area (Å²) in [5.41, 5.74) is 1.11. The number of aromatic nitrogens is 1. The summed E-state index contributed by atoms with van der Waals surface area (Å²) in [5.74, 6) is 0.830. The van der Waals surface area contributed by atoms with Crippen LogP contribution in [0.4, 0.5) is 0 Å². The quantitative estimate of drug-likeness (QED) is 0.696. The summed E-state index contributed by atoms with van der Waals surface area (Å²) in [5, 5.41) is 0.862. The van der Waals surface area contributed by atoms with Gasteiger partial charge in [0, 0.05) is 49.1 Å². The lowest BCUT2D eigenvalue weighted by Gasteiger charge is -2.34. The summed E-state index contributed by atoms with van der Waals surface area (Å²) in [6.07, 6.45) is 2.06. The first-order valence-electron chi connectivity index (χ1n) is 9.85. The minimum Gasteiger partial charge on any atom is -0.497 e. The number of nitrogens with zero attached hydrogens (tertiary/aromatic N) is 2. The van der Waals surface area contributed by atoms with Gasteiger partial charge in [0.15, 0.2) is 5.76 Å². The third kappa shape index (κ3) is 4.07. The highest BCUT2D eigenvalue weighted by atomic mass is 16.5. The van der Waals surface area contributed by atoms with E-state index in [0.717, 1.165) is 10.9 Å². The lowest BCUT2D eigenvalue weighted by molar-refractivity contribution is -0.132. The number of hydrogen-bond donors (Lipinski definition) is 1. The van der Waals surface area contributed by atoms with Gasteiger partial charge in [-0.05, 0) is 42.8 Å². The van der Waals surface area contributed by atoms with E-state index in [9.17, 15) is 14.4 Å². The molecule has 3 heterocycles. The molecule has 1 aromatic carbocycles. The molecule has 3 aromatic rings. The van der Waals surface area contributed by atoms with Gasteiger partial charge < -0.3 is 23.9 Å². The second-order valence-corrected chi connectivity index (χ2v) is 7.23. The van der Waals surface area contributed by atoms with Gasteiger partial charge >= 0.3 is 0 Å². The number of ether oxygens (including phenoxy) is 1. The topological polar surface area (TPSA) is 95.9 Å². The molecule has 2 aromatic heterocycles. The Labute approximate surface area is 173 Å². The molecule has 0 spiro atoms. The van der Waals surface area contributed by atoms with Gasteiger partial charge in [0.05, 0.1) is 13.4 Å². The first kappa shape index (κ1) is 19.8. The molecule has 8 heteroatoms. The number of benzene rings is 1. The zero-order chi connectivity index (χ0) is 21.1. The number of hydrogen-bond acceptors (Lipinski definition) is 5. The van der Waals surface area contributed by atoms with Crippen LogP contribution in [0.2, 0.25) is 0 Å². The number of rotatable bonds is 5. The van der Waals surface area contributed by atoms with Crippen LogP contribution in [0.1, 0.15) is 22.5 Å². The van der Waals surface area contributed by atoms with E-state index in [1.807, 2.05) is 12.1 Å². The Morgan fingerprint density at radius 3 is 2.57 bits per heavy atom. The van der Waals surface area contributed by atoms with E-state index >= 15 is 0 Å². The molecular weight excluding hydrogens is 386 g/mol. The van der Waals surface area contributed by atoms with Gasteiger partial charge in [-0.25, -0.2) is 0 Å². The van der Waals surface area contributed by atoms with Gasteiger partial charge in [-0.1, -0.05) is 0 Å². The van der Waals surface area contributed by atoms with Gasteiger partial charge in [-0.3, -0.25) is 14.4 Å². The normalized spacial score (nSPS) is 14.2. The second kappa shape index (κ2) is 8.44. The van der Waals surface area contributed by atoms with Crippen LogP contribution >= 0.6 is 0 Å². The summed E-state index contributed by atoms with van der Waals surface area (Å²) in [7, 11) is 1.59. The first-order valence-corrected chi connectivity index (χ1v) is 9.85. The predicted octanol–water partition coefficient (Wildman–Crippen LogP) is 2.05. The predicted molar refractivity (Wildman–Crippen MR) is 111 cm³/mol. The molecule has 1 saturated heterocycles. The van der Waals surface area contributed by atoms with Crippen molar-refractivity contribution in [2.45, 2.75) is 12.8 Å². The van der Waals surface area contributed by atoms with Gasteiger partial charge in [-0.2, -0.15) is 0 Å². The summed E-state index contributed by atoms with van der Waals surface area (Å²) in [4.78, 5) is 43.6. The third-order valence-corrected chi connectivity index (χ3v) is 5.39. The number of carbonyl (C=O) groups is 2. The van der Waals surface area contributed by atoms with Crippen molar-refractivity contribution < 1.29 is 18.7 Å². The van der Waals surface area contributed by atoms with Gasteiger partial charge in [0.1, 0.15) is 5.75 Å². The van der Waals surface area contributed by atoms with Crippen LogP contribution in [0.15, 0.2) is 51.9 Å². The Morgan fingerprint density at radius 1 is 1.10 bits per heavy atom. The van der Waals surface area contributed by atoms with Crippen molar-refractivity contribution in [1.29, 1.82) is 0 Å². The van der Waals surface area contributed by atoms with E-state index in [0.29, 0.717) is 49.7 Å². The van der Waals surface area contributed by atoms with Crippen molar-refractivity contribution in [3.05, 3.63) is 64.3 Å². The molecule has 8 nitrogen and oxygen atoms in total. The Kier molecular flexibility index (Phi) is 5.56. The Balaban J connectivity index is 1.35. The number of aromatic amines is 1. The van der Waals surface area contributed by atoms with Crippen LogP contribution in [0.25, 0.3) is 10.9 Å². The smallest absolute Gasteiger partial charge is 0.289 e. The highest BCUT2D eigenvalue weighted by molar-refractivity contribution is 5.91. The van der Waals surface area contributed by atoms with Crippen molar-refractivity contribution in [2.75, 3.05) is 33.3 Å². The van der Waals surface area contributed by atoms with Crippen molar-refractivity contribution in [2.24, 2.45) is 0 Å².